The SMILES string of the molecule is NCc1sc(-c2ccc(Cl)c(Cl)c2)nc1-c1ccccc1. The van der Waals surface area contributed by atoms with Gasteiger partial charge in [-0.05, 0) is 12.1 Å². The van der Waals surface area contributed by atoms with Crippen LogP contribution in [0.4, 0.5) is 0 Å². The second kappa shape index (κ2) is 6.16. The Morgan fingerprint density at radius 2 is 1.71 bits per heavy atom. The van der Waals surface area contributed by atoms with Crippen LogP contribution in [0.2, 0.25) is 10.0 Å². The molecule has 0 amide bonds. The molecule has 3 rings (SSSR count). The lowest BCUT2D eigenvalue weighted by Gasteiger charge is -1.99. The number of nitrogens with two attached hydrogens (primary N) is 1. The van der Waals surface area contributed by atoms with Gasteiger partial charge in [-0.2, -0.15) is 0 Å². The first kappa shape index (κ1) is 14.5. The molecule has 0 fully saturated rings. The highest BCUT2D eigenvalue weighted by atomic mass is 35.5. The first-order chi connectivity index (χ1) is 10.2. The van der Waals surface area contributed by atoms with Crippen LogP contribution in [0, 0.1) is 0 Å². The average molecular weight is 335 g/mol. The maximum Gasteiger partial charge on any atom is 0.124 e. The summed E-state index contributed by atoms with van der Waals surface area (Å²) in [7, 11) is 0. The Morgan fingerprint density at radius 1 is 0.952 bits per heavy atom. The van der Waals surface area contributed by atoms with E-state index < -0.39 is 0 Å². The van der Waals surface area contributed by atoms with E-state index in [0.717, 1.165) is 26.7 Å². The van der Waals surface area contributed by atoms with E-state index in [4.69, 9.17) is 33.9 Å². The first-order valence-electron chi connectivity index (χ1n) is 6.39. The Bertz CT molecular complexity index is 769. The highest BCUT2D eigenvalue weighted by Crippen LogP contribution is 2.35. The molecular formula is C16H12Cl2N2S. The topological polar surface area (TPSA) is 38.9 Å². The zero-order valence-corrected chi connectivity index (χ0v) is 13.3. The summed E-state index contributed by atoms with van der Waals surface area (Å²) in [5.41, 5.74) is 8.81. The van der Waals surface area contributed by atoms with E-state index in [2.05, 4.69) is 0 Å². The van der Waals surface area contributed by atoms with Crippen LogP contribution in [0.25, 0.3) is 21.8 Å². The Kier molecular flexibility index (Phi) is 4.27. The normalized spacial score (nSPS) is 10.8. The molecule has 0 atom stereocenters. The van der Waals surface area contributed by atoms with Crippen LogP contribution >= 0.6 is 34.5 Å². The molecule has 2 nitrogen and oxygen atoms in total. The zero-order valence-electron chi connectivity index (χ0n) is 11.0. The van der Waals surface area contributed by atoms with Crippen molar-refractivity contribution in [1.82, 2.24) is 4.98 Å². The lowest BCUT2D eigenvalue weighted by atomic mass is 10.1. The van der Waals surface area contributed by atoms with Crippen molar-refractivity contribution in [3.05, 3.63) is 63.5 Å². The summed E-state index contributed by atoms with van der Waals surface area (Å²) in [6.45, 7) is 0.462. The van der Waals surface area contributed by atoms with Gasteiger partial charge in [-0.3, -0.25) is 0 Å². The summed E-state index contributed by atoms with van der Waals surface area (Å²) in [6, 6.07) is 15.6. The fourth-order valence-electron chi connectivity index (χ4n) is 2.06. The van der Waals surface area contributed by atoms with Crippen molar-refractivity contribution in [1.29, 1.82) is 0 Å². The van der Waals surface area contributed by atoms with E-state index in [9.17, 15) is 0 Å². The summed E-state index contributed by atoms with van der Waals surface area (Å²) in [5.74, 6) is 0. The van der Waals surface area contributed by atoms with Gasteiger partial charge in [0.1, 0.15) is 5.01 Å². The van der Waals surface area contributed by atoms with Crippen molar-refractivity contribution in [2.75, 3.05) is 0 Å². The minimum atomic E-state index is 0.462. The molecule has 0 saturated heterocycles. The first-order valence-corrected chi connectivity index (χ1v) is 7.97. The summed E-state index contributed by atoms with van der Waals surface area (Å²) >= 11 is 13.6. The van der Waals surface area contributed by atoms with E-state index in [0.29, 0.717) is 16.6 Å². The van der Waals surface area contributed by atoms with Crippen molar-refractivity contribution >= 4 is 34.5 Å². The van der Waals surface area contributed by atoms with Gasteiger partial charge in [0.25, 0.3) is 0 Å². The average Bonchev–Trinajstić information content (AvgIpc) is 2.95. The summed E-state index contributed by atoms with van der Waals surface area (Å²) in [4.78, 5) is 5.79. The Labute approximate surface area is 137 Å². The minimum Gasteiger partial charge on any atom is -0.326 e. The third-order valence-corrected chi connectivity index (χ3v) is 4.96. The summed E-state index contributed by atoms with van der Waals surface area (Å²) in [5, 5.41) is 1.96. The number of halogens is 2. The maximum atomic E-state index is 6.08. The Morgan fingerprint density at radius 3 is 2.38 bits per heavy atom. The van der Waals surface area contributed by atoms with Crippen LogP contribution < -0.4 is 5.73 Å². The van der Waals surface area contributed by atoms with E-state index in [1.165, 1.54) is 0 Å². The smallest absolute Gasteiger partial charge is 0.124 e. The van der Waals surface area contributed by atoms with Gasteiger partial charge in [-0.15, -0.1) is 11.3 Å². The molecule has 1 heterocycles. The van der Waals surface area contributed by atoms with Crippen molar-refractivity contribution in [3.8, 4) is 21.8 Å². The van der Waals surface area contributed by atoms with Gasteiger partial charge in [-0.25, -0.2) is 4.98 Å². The van der Waals surface area contributed by atoms with Gasteiger partial charge in [0.05, 0.1) is 15.7 Å². The van der Waals surface area contributed by atoms with Crippen LogP contribution in [0.15, 0.2) is 48.5 Å². The van der Waals surface area contributed by atoms with Crippen molar-refractivity contribution < 1.29 is 0 Å². The molecule has 0 aliphatic carbocycles. The lowest BCUT2D eigenvalue weighted by Crippen LogP contribution is -1.95. The largest absolute Gasteiger partial charge is 0.326 e. The van der Waals surface area contributed by atoms with Crippen LogP contribution in [0.3, 0.4) is 0 Å². The van der Waals surface area contributed by atoms with Crippen molar-refractivity contribution in [3.63, 3.8) is 0 Å². The molecule has 0 spiro atoms. The van der Waals surface area contributed by atoms with E-state index >= 15 is 0 Å². The van der Waals surface area contributed by atoms with Gasteiger partial charge in [0.2, 0.25) is 0 Å². The van der Waals surface area contributed by atoms with Gasteiger partial charge in [-0.1, -0.05) is 59.6 Å². The highest BCUT2D eigenvalue weighted by molar-refractivity contribution is 7.15. The molecular weight excluding hydrogens is 323 g/mol. The Balaban J connectivity index is 2.09. The summed E-state index contributed by atoms with van der Waals surface area (Å²) in [6.07, 6.45) is 0. The highest BCUT2D eigenvalue weighted by Gasteiger charge is 2.13. The fourth-order valence-corrected chi connectivity index (χ4v) is 3.32. The molecule has 5 heteroatoms. The minimum absolute atomic E-state index is 0.462. The number of rotatable bonds is 3. The van der Waals surface area contributed by atoms with Gasteiger partial charge in [0, 0.05) is 22.5 Å². The molecule has 2 aromatic carbocycles. The van der Waals surface area contributed by atoms with E-state index in [1.54, 1.807) is 17.4 Å². The van der Waals surface area contributed by atoms with E-state index in [1.807, 2.05) is 42.5 Å². The monoisotopic (exact) mass is 334 g/mol. The lowest BCUT2D eigenvalue weighted by molar-refractivity contribution is 1.10. The number of hydrogen-bond donors (Lipinski definition) is 1. The van der Waals surface area contributed by atoms with Gasteiger partial charge in [0.15, 0.2) is 0 Å². The predicted octanol–water partition coefficient (Wildman–Crippen LogP) is 5.24. The molecule has 1 aromatic heterocycles. The fraction of sp³-hybridized carbons (Fsp3) is 0.0625. The van der Waals surface area contributed by atoms with Crippen LogP contribution in [-0.2, 0) is 6.54 Å². The van der Waals surface area contributed by atoms with Crippen LogP contribution in [-0.4, -0.2) is 4.98 Å². The number of aromatic nitrogens is 1. The summed E-state index contributed by atoms with van der Waals surface area (Å²) < 4.78 is 0. The third kappa shape index (κ3) is 2.97. The molecule has 106 valence electrons. The number of benzene rings is 2. The molecule has 0 aliphatic rings. The number of hydrogen-bond acceptors (Lipinski definition) is 3. The second-order valence-corrected chi connectivity index (χ2v) is 6.39. The molecule has 0 radical (unpaired) electrons. The molecule has 0 aliphatic heterocycles. The number of thiazole rings is 1. The second-order valence-electron chi connectivity index (χ2n) is 4.49. The van der Waals surface area contributed by atoms with Crippen LogP contribution in [0.5, 0.6) is 0 Å². The van der Waals surface area contributed by atoms with E-state index in [-0.39, 0.29) is 0 Å². The quantitative estimate of drug-likeness (QED) is 0.711. The molecule has 3 aromatic rings. The zero-order chi connectivity index (χ0) is 14.8. The predicted molar refractivity (Wildman–Crippen MR) is 90.9 cm³/mol. The third-order valence-electron chi connectivity index (χ3n) is 3.10. The molecule has 2 N–H and O–H groups in total. The maximum absolute atomic E-state index is 6.08. The van der Waals surface area contributed by atoms with Crippen molar-refractivity contribution in [2.24, 2.45) is 5.73 Å². The van der Waals surface area contributed by atoms with Gasteiger partial charge >= 0.3 is 0 Å². The molecule has 21 heavy (non-hydrogen) atoms. The molecule has 0 unspecified atom stereocenters. The number of nitrogens with zero attached hydrogens (tertiary/aromatic N) is 1. The standard InChI is InChI=1S/C16H12Cl2N2S/c17-12-7-6-11(8-13(12)18)16-20-15(14(9-19)21-16)10-4-2-1-3-5-10/h1-8H,9,19H2. The van der Waals surface area contributed by atoms with Crippen LogP contribution in [0.1, 0.15) is 4.88 Å². The van der Waals surface area contributed by atoms with Crippen molar-refractivity contribution in [2.45, 2.75) is 6.54 Å². The Hall–Kier alpha value is -1.39. The van der Waals surface area contributed by atoms with Gasteiger partial charge < -0.3 is 5.73 Å². The molecule has 0 saturated carbocycles. The molecule has 0 bridgehead atoms.